The van der Waals surface area contributed by atoms with Crippen molar-refractivity contribution in [2.24, 2.45) is 0 Å². The SMILES string of the molecule is CC/C=C\C/C=C\C/C=C\C/C=C\C/C=C\C/C=C\CCCCCCCCCCCCCCCCC(=O)NC(CO)C(O)CCCCCC. The van der Waals surface area contributed by atoms with E-state index in [0.29, 0.717) is 12.8 Å². The van der Waals surface area contributed by atoms with Crippen molar-refractivity contribution >= 4 is 5.91 Å². The number of rotatable bonds is 36. The molecule has 0 spiro atoms. The molecule has 4 heteroatoms. The minimum Gasteiger partial charge on any atom is -0.394 e. The van der Waals surface area contributed by atoms with Gasteiger partial charge in [-0.15, -0.1) is 0 Å². The van der Waals surface area contributed by atoms with Crippen LogP contribution in [0.25, 0.3) is 0 Å². The minimum atomic E-state index is -0.657. The molecule has 0 aliphatic carbocycles. The second-order valence-electron chi connectivity index (χ2n) is 13.7. The topological polar surface area (TPSA) is 69.6 Å². The zero-order valence-corrected chi connectivity index (χ0v) is 32.2. The van der Waals surface area contributed by atoms with Crippen LogP contribution < -0.4 is 5.32 Å². The maximum atomic E-state index is 12.2. The second-order valence-corrected chi connectivity index (χ2v) is 13.7. The molecule has 0 saturated carbocycles. The summed E-state index contributed by atoms with van der Waals surface area (Å²) in [7, 11) is 0. The Hall–Kier alpha value is -2.17. The smallest absolute Gasteiger partial charge is 0.220 e. The van der Waals surface area contributed by atoms with Crippen molar-refractivity contribution in [2.45, 2.75) is 199 Å². The molecular formula is C45H79NO3. The Morgan fingerprint density at radius 2 is 0.898 bits per heavy atom. The zero-order valence-electron chi connectivity index (χ0n) is 32.2. The zero-order chi connectivity index (χ0) is 35.7. The van der Waals surface area contributed by atoms with E-state index in [9.17, 15) is 15.0 Å². The number of carbonyl (C=O) groups excluding carboxylic acids is 1. The summed E-state index contributed by atoms with van der Waals surface area (Å²) in [5, 5.41) is 22.7. The van der Waals surface area contributed by atoms with Gasteiger partial charge in [0.2, 0.25) is 5.91 Å². The summed E-state index contributed by atoms with van der Waals surface area (Å²) in [6, 6.07) is -0.534. The summed E-state index contributed by atoms with van der Waals surface area (Å²) in [6.45, 7) is 4.13. The molecule has 3 N–H and O–H groups in total. The quantitative estimate of drug-likeness (QED) is 0.0455. The van der Waals surface area contributed by atoms with Crippen LogP contribution in [0.4, 0.5) is 0 Å². The third kappa shape index (κ3) is 36.9. The largest absolute Gasteiger partial charge is 0.394 e. The lowest BCUT2D eigenvalue weighted by molar-refractivity contribution is -0.123. The van der Waals surface area contributed by atoms with Crippen LogP contribution in [0.2, 0.25) is 0 Å². The third-order valence-corrected chi connectivity index (χ3v) is 8.98. The van der Waals surface area contributed by atoms with E-state index < -0.39 is 12.1 Å². The van der Waals surface area contributed by atoms with Crippen molar-refractivity contribution in [3.63, 3.8) is 0 Å². The molecule has 49 heavy (non-hydrogen) atoms. The second kappa shape index (κ2) is 40.3. The number of aliphatic hydroxyl groups excluding tert-OH is 2. The Kier molecular flexibility index (Phi) is 38.5. The van der Waals surface area contributed by atoms with Gasteiger partial charge in [-0.3, -0.25) is 4.79 Å². The number of carbonyl (C=O) groups is 1. The molecule has 0 radical (unpaired) electrons. The van der Waals surface area contributed by atoms with Crippen LogP contribution in [0.15, 0.2) is 72.9 Å². The van der Waals surface area contributed by atoms with E-state index in [2.05, 4.69) is 92.1 Å². The van der Waals surface area contributed by atoms with Crippen molar-refractivity contribution in [3.05, 3.63) is 72.9 Å². The van der Waals surface area contributed by atoms with Crippen LogP contribution in [0.1, 0.15) is 187 Å². The first-order chi connectivity index (χ1) is 24.2. The van der Waals surface area contributed by atoms with Gasteiger partial charge in [-0.1, -0.05) is 189 Å². The molecular weight excluding hydrogens is 602 g/mol. The first-order valence-corrected chi connectivity index (χ1v) is 20.6. The van der Waals surface area contributed by atoms with Gasteiger partial charge in [-0.05, 0) is 64.2 Å². The number of unbranched alkanes of at least 4 members (excludes halogenated alkanes) is 17. The fourth-order valence-corrected chi connectivity index (χ4v) is 5.83. The van der Waals surface area contributed by atoms with E-state index in [1.165, 1.54) is 83.5 Å². The molecule has 0 aromatic rings. The van der Waals surface area contributed by atoms with Crippen LogP contribution in [-0.4, -0.2) is 34.9 Å². The van der Waals surface area contributed by atoms with Crippen LogP contribution in [-0.2, 0) is 4.79 Å². The molecule has 282 valence electrons. The molecule has 0 heterocycles. The summed E-state index contributed by atoms with van der Waals surface area (Å²) in [5.41, 5.74) is 0. The first kappa shape index (κ1) is 46.8. The lowest BCUT2D eigenvalue weighted by atomic mass is 10.0. The predicted octanol–water partition coefficient (Wildman–Crippen LogP) is 12.7. The third-order valence-electron chi connectivity index (χ3n) is 8.98. The molecule has 0 bridgehead atoms. The molecule has 0 fully saturated rings. The van der Waals surface area contributed by atoms with E-state index in [4.69, 9.17) is 0 Å². The molecule has 0 aliphatic rings. The van der Waals surface area contributed by atoms with E-state index in [1.54, 1.807) is 0 Å². The highest BCUT2D eigenvalue weighted by molar-refractivity contribution is 5.76. The maximum absolute atomic E-state index is 12.2. The normalized spacial score (nSPS) is 13.8. The summed E-state index contributed by atoms with van der Waals surface area (Å²) in [5.74, 6) is -0.0449. The average Bonchev–Trinajstić information content (AvgIpc) is 3.11. The Morgan fingerprint density at radius 1 is 0.510 bits per heavy atom. The molecule has 1 amide bonds. The van der Waals surface area contributed by atoms with Gasteiger partial charge in [-0.25, -0.2) is 0 Å². The van der Waals surface area contributed by atoms with Crippen molar-refractivity contribution < 1.29 is 15.0 Å². The number of aliphatic hydroxyl groups is 2. The monoisotopic (exact) mass is 682 g/mol. The van der Waals surface area contributed by atoms with E-state index >= 15 is 0 Å². The van der Waals surface area contributed by atoms with Crippen LogP contribution in [0.3, 0.4) is 0 Å². The van der Waals surface area contributed by atoms with Gasteiger partial charge in [0.25, 0.3) is 0 Å². The lowest BCUT2D eigenvalue weighted by Crippen LogP contribution is -2.45. The van der Waals surface area contributed by atoms with Crippen molar-refractivity contribution in [3.8, 4) is 0 Å². The van der Waals surface area contributed by atoms with Gasteiger partial charge in [0.15, 0.2) is 0 Å². The summed E-state index contributed by atoms with van der Waals surface area (Å²) >= 11 is 0. The minimum absolute atomic E-state index is 0.0449. The number of amides is 1. The van der Waals surface area contributed by atoms with Gasteiger partial charge in [-0.2, -0.15) is 0 Å². The highest BCUT2D eigenvalue weighted by atomic mass is 16.3. The Labute approximate surface area is 304 Å². The van der Waals surface area contributed by atoms with E-state index in [-0.39, 0.29) is 12.5 Å². The molecule has 2 atom stereocenters. The highest BCUT2D eigenvalue weighted by Crippen LogP contribution is 2.14. The maximum Gasteiger partial charge on any atom is 0.220 e. The number of allylic oxidation sites excluding steroid dienone is 12. The average molecular weight is 682 g/mol. The Balaban J connectivity index is 3.45. The predicted molar refractivity (Wildman–Crippen MR) is 216 cm³/mol. The lowest BCUT2D eigenvalue weighted by Gasteiger charge is -2.22. The van der Waals surface area contributed by atoms with Gasteiger partial charge in [0.05, 0.1) is 18.8 Å². The Morgan fingerprint density at radius 3 is 1.33 bits per heavy atom. The molecule has 4 nitrogen and oxygen atoms in total. The molecule has 0 saturated heterocycles. The number of hydrogen-bond donors (Lipinski definition) is 3. The van der Waals surface area contributed by atoms with Gasteiger partial charge < -0.3 is 15.5 Å². The number of nitrogens with one attached hydrogen (secondary N) is 1. The standard InChI is InChI=1S/C45H79NO3/c1-3-5-7-9-10-11-12-13-14-15-16-17-18-19-20-21-22-23-24-25-26-27-28-29-30-31-32-33-34-35-36-37-39-41-45(49)46-43(42-47)44(48)40-38-8-6-4-2/h5,7,10-11,13-14,16-17,19-20,22-23,43-44,47-48H,3-4,6,8-9,12,15,18,21,24-42H2,1-2H3,(H,46,49)/b7-5-,11-10-,14-13-,17-16-,20-19-,23-22-. The van der Waals surface area contributed by atoms with Gasteiger partial charge in [0.1, 0.15) is 0 Å². The highest BCUT2D eigenvalue weighted by Gasteiger charge is 2.19. The molecule has 0 aromatic heterocycles. The van der Waals surface area contributed by atoms with E-state index in [0.717, 1.165) is 77.0 Å². The van der Waals surface area contributed by atoms with Crippen molar-refractivity contribution in [1.29, 1.82) is 0 Å². The van der Waals surface area contributed by atoms with Crippen LogP contribution in [0.5, 0.6) is 0 Å². The van der Waals surface area contributed by atoms with Gasteiger partial charge >= 0.3 is 0 Å². The molecule has 2 unspecified atom stereocenters. The van der Waals surface area contributed by atoms with Crippen LogP contribution >= 0.6 is 0 Å². The molecule has 0 rings (SSSR count). The van der Waals surface area contributed by atoms with Crippen LogP contribution in [0, 0.1) is 0 Å². The van der Waals surface area contributed by atoms with Gasteiger partial charge in [0, 0.05) is 6.42 Å². The fraction of sp³-hybridized carbons (Fsp3) is 0.711. The summed E-state index contributed by atoms with van der Waals surface area (Å²) in [6.07, 6.45) is 57.4. The molecule has 0 aromatic carbocycles. The number of hydrogen-bond acceptors (Lipinski definition) is 3. The Bertz CT molecular complexity index is 868. The first-order valence-electron chi connectivity index (χ1n) is 20.6. The van der Waals surface area contributed by atoms with E-state index in [1.807, 2.05) is 0 Å². The van der Waals surface area contributed by atoms with Crippen molar-refractivity contribution in [2.75, 3.05) is 6.61 Å². The fourth-order valence-electron chi connectivity index (χ4n) is 5.83. The van der Waals surface area contributed by atoms with Crippen molar-refractivity contribution in [1.82, 2.24) is 5.32 Å². The summed E-state index contributed by atoms with van der Waals surface area (Å²) < 4.78 is 0. The molecule has 0 aliphatic heterocycles. The summed E-state index contributed by atoms with van der Waals surface area (Å²) in [4.78, 5) is 12.2.